The van der Waals surface area contributed by atoms with Crippen molar-refractivity contribution in [1.82, 2.24) is 10.6 Å². The summed E-state index contributed by atoms with van der Waals surface area (Å²) in [5.74, 6) is 2.41. The zero-order valence-electron chi connectivity index (χ0n) is 18.4. The van der Waals surface area contributed by atoms with Gasteiger partial charge >= 0.3 is 0 Å². The Morgan fingerprint density at radius 2 is 1.03 bits per heavy atom. The molecule has 30 heavy (non-hydrogen) atoms. The minimum absolute atomic E-state index is 0. The van der Waals surface area contributed by atoms with Crippen molar-refractivity contribution < 1.29 is 9.47 Å². The summed E-state index contributed by atoms with van der Waals surface area (Å²) in [7, 11) is 3.25. The Hall–Kier alpha value is -2.44. The van der Waals surface area contributed by atoms with Crippen LogP contribution in [-0.2, 0) is 0 Å². The first-order chi connectivity index (χ1) is 13.3. The van der Waals surface area contributed by atoms with Crippen LogP contribution in [0.25, 0.3) is 0 Å². The summed E-state index contributed by atoms with van der Waals surface area (Å²) < 4.78 is 10.2. The monoisotopic (exact) mass is 456 g/mol. The average Bonchev–Trinajstić information content (AvgIpc) is 2.67. The molecule has 0 atom stereocenters. The van der Waals surface area contributed by atoms with Gasteiger partial charge in [-0.2, -0.15) is 0 Å². The van der Waals surface area contributed by atoms with E-state index in [4.69, 9.17) is 20.3 Å². The molecule has 2 rings (SSSR count). The molecule has 0 aliphatic carbocycles. The van der Waals surface area contributed by atoms with Gasteiger partial charge in [0.25, 0.3) is 0 Å². The third-order valence-electron chi connectivity index (χ3n) is 3.58. The van der Waals surface area contributed by atoms with Gasteiger partial charge in [0, 0.05) is 23.2 Å². The molecule has 0 radical (unpaired) electrons. The van der Waals surface area contributed by atoms with Gasteiger partial charge in [0.1, 0.15) is 23.2 Å². The van der Waals surface area contributed by atoms with Crippen LogP contribution >= 0.6 is 24.8 Å². The maximum atomic E-state index is 7.77. The Morgan fingerprint density at radius 1 is 0.700 bits per heavy atom. The van der Waals surface area contributed by atoms with E-state index in [1.807, 2.05) is 76.2 Å². The first kappa shape index (κ1) is 29.8. The largest absolute Gasteiger partial charge is 0.497 e. The van der Waals surface area contributed by atoms with E-state index in [0.717, 1.165) is 22.6 Å². The van der Waals surface area contributed by atoms with Gasteiger partial charge in [-0.1, -0.05) is 24.3 Å². The van der Waals surface area contributed by atoms with E-state index in [1.165, 1.54) is 0 Å². The Balaban J connectivity index is 0. The molecule has 0 unspecified atom stereocenters. The van der Waals surface area contributed by atoms with Gasteiger partial charge in [-0.05, 0) is 52.0 Å². The van der Waals surface area contributed by atoms with Crippen LogP contribution < -0.4 is 20.1 Å². The van der Waals surface area contributed by atoms with Crippen LogP contribution in [-0.4, -0.2) is 38.0 Å². The van der Waals surface area contributed by atoms with Crippen molar-refractivity contribution in [3.63, 3.8) is 0 Å². The van der Waals surface area contributed by atoms with E-state index in [9.17, 15) is 0 Å². The second-order valence-corrected chi connectivity index (χ2v) is 6.81. The molecule has 2 aromatic rings. The summed E-state index contributed by atoms with van der Waals surface area (Å²) in [4.78, 5) is 0. The van der Waals surface area contributed by atoms with E-state index in [-0.39, 0.29) is 36.9 Å². The predicted molar refractivity (Wildman–Crippen MR) is 131 cm³/mol. The highest BCUT2D eigenvalue weighted by atomic mass is 35.5. The zero-order chi connectivity index (χ0) is 21.1. The lowest BCUT2D eigenvalue weighted by atomic mass is 10.2. The van der Waals surface area contributed by atoms with Crippen molar-refractivity contribution in [3.8, 4) is 11.5 Å². The van der Waals surface area contributed by atoms with Crippen molar-refractivity contribution in [3.05, 3.63) is 59.7 Å². The predicted octanol–water partition coefficient (Wildman–Crippen LogP) is 4.88. The van der Waals surface area contributed by atoms with Gasteiger partial charge < -0.3 is 20.1 Å². The number of ether oxygens (including phenoxy) is 2. The molecule has 168 valence electrons. The highest BCUT2D eigenvalue weighted by Crippen LogP contribution is 2.13. The van der Waals surface area contributed by atoms with Crippen LogP contribution in [0.3, 0.4) is 0 Å². The maximum Gasteiger partial charge on any atom is 0.125 e. The van der Waals surface area contributed by atoms with E-state index < -0.39 is 0 Å². The van der Waals surface area contributed by atoms with Gasteiger partial charge in [-0.3, -0.25) is 10.8 Å². The van der Waals surface area contributed by atoms with E-state index >= 15 is 0 Å². The highest BCUT2D eigenvalue weighted by Gasteiger charge is 2.04. The van der Waals surface area contributed by atoms with Crippen LogP contribution in [0.4, 0.5) is 0 Å². The molecule has 0 aromatic heterocycles. The summed E-state index contributed by atoms with van der Waals surface area (Å²) in [5, 5.41) is 21.6. The molecule has 0 bridgehead atoms. The van der Waals surface area contributed by atoms with Crippen molar-refractivity contribution in [2.75, 3.05) is 14.2 Å². The number of benzene rings is 2. The fraction of sp³-hybridized carbons (Fsp3) is 0.364. The molecule has 0 saturated carbocycles. The lowest BCUT2D eigenvalue weighted by molar-refractivity contribution is 0.414. The van der Waals surface area contributed by atoms with Gasteiger partial charge in [0.15, 0.2) is 0 Å². The summed E-state index contributed by atoms with van der Waals surface area (Å²) in [6.07, 6.45) is 0. The molecule has 8 heteroatoms. The molecule has 4 N–H and O–H groups in total. The van der Waals surface area contributed by atoms with Crippen LogP contribution in [0, 0.1) is 10.8 Å². The van der Waals surface area contributed by atoms with Crippen molar-refractivity contribution in [2.24, 2.45) is 0 Å². The molecule has 0 saturated heterocycles. The van der Waals surface area contributed by atoms with Gasteiger partial charge in [0.2, 0.25) is 0 Å². The lowest BCUT2D eigenvalue weighted by Crippen LogP contribution is -2.30. The first-order valence-corrected chi connectivity index (χ1v) is 9.25. The minimum atomic E-state index is 0. The van der Waals surface area contributed by atoms with Gasteiger partial charge in [0.05, 0.1) is 14.2 Å². The summed E-state index contributed by atoms with van der Waals surface area (Å²) in [5.41, 5.74) is 1.69. The summed E-state index contributed by atoms with van der Waals surface area (Å²) >= 11 is 0. The van der Waals surface area contributed by atoms with E-state index in [1.54, 1.807) is 14.2 Å². The summed E-state index contributed by atoms with van der Waals surface area (Å²) in [6, 6.07) is 15.5. The lowest BCUT2D eigenvalue weighted by Gasteiger charge is -2.11. The maximum absolute atomic E-state index is 7.77. The standard InChI is InChI=1S/2C11H16N2O.2ClH/c2*1-8(2)13-11(12)9-5-4-6-10(7-9)14-3;;/h2*4-8H,1-3H3,(H2,12,13);2*1H. The van der Waals surface area contributed by atoms with Gasteiger partial charge in [-0.15, -0.1) is 24.8 Å². The third kappa shape index (κ3) is 10.9. The van der Waals surface area contributed by atoms with Crippen molar-refractivity contribution >= 4 is 36.5 Å². The average molecular weight is 457 g/mol. The van der Waals surface area contributed by atoms with Crippen molar-refractivity contribution in [2.45, 2.75) is 39.8 Å². The zero-order valence-corrected chi connectivity index (χ0v) is 20.0. The Morgan fingerprint density at radius 3 is 1.30 bits per heavy atom. The molecule has 6 nitrogen and oxygen atoms in total. The van der Waals surface area contributed by atoms with Crippen molar-refractivity contribution in [1.29, 1.82) is 10.8 Å². The molecular formula is C22H34Cl2N4O2. The van der Waals surface area contributed by atoms with Crippen LogP contribution in [0.5, 0.6) is 11.5 Å². The molecule has 0 aliphatic heterocycles. The summed E-state index contributed by atoms with van der Waals surface area (Å²) in [6.45, 7) is 8.03. The topological polar surface area (TPSA) is 90.2 Å². The number of rotatable bonds is 6. The van der Waals surface area contributed by atoms with Crippen LogP contribution in [0.1, 0.15) is 38.8 Å². The molecule has 0 heterocycles. The molecule has 0 amide bonds. The SMILES string of the molecule is COc1cccc(C(=N)NC(C)C)c1.COc1cccc(C(=N)NC(C)C)c1.Cl.Cl. The molecule has 0 aliphatic rings. The number of methoxy groups -OCH3 is 2. The molecular weight excluding hydrogens is 423 g/mol. The normalized spacial score (nSPS) is 9.33. The smallest absolute Gasteiger partial charge is 0.125 e. The number of hydrogen-bond donors (Lipinski definition) is 4. The second kappa shape index (κ2) is 15.4. The fourth-order valence-electron chi connectivity index (χ4n) is 2.30. The minimum Gasteiger partial charge on any atom is -0.497 e. The number of amidine groups is 2. The Labute approximate surface area is 192 Å². The number of hydrogen-bond acceptors (Lipinski definition) is 4. The molecule has 2 aromatic carbocycles. The van der Waals surface area contributed by atoms with Crippen LogP contribution in [0.15, 0.2) is 48.5 Å². The highest BCUT2D eigenvalue weighted by molar-refractivity contribution is 5.97. The Kier molecular flexibility index (Phi) is 15.3. The Bertz CT molecular complexity index is 718. The molecule has 0 fully saturated rings. The van der Waals surface area contributed by atoms with E-state index in [0.29, 0.717) is 11.7 Å². The number of nitrogens with one attached hydrogen (secondary N) is 4. The van der Waals surface area contributed by atoms with E-state index in [2.05, 4.69) is 10.6 Å². The molecule has 0 spiro atoms. The third-order valence-corrected chi connectivity index (χ3v) is 3.58. The quantitative estimate of drug-likeness (QED) is 0.368. The second-order valence-electron chi connectivity index (χ2n) is 6.81. The van der Waals surface area contributed by atoms with Crippen LogP contribution in [0.2, 0.25) is 0 Å². The number of halogens is 2. The fourth-order valence-corrected chi connectivity index (χ4v) is 2.30. The first-order valence-electron chi connectivity index (χ1n) is 9.25. The van der Waals surface area contributed by atoms with Gasteiger partial charge in [-0.25, -0.2) is 0 Å².